The summed E-state index contributed by atoms with van der Waals surface area (Å²) >= 11 is 0. The Labute approximate surface area is 537 Å². The molecule has 0 aliphatic heterocycles. The molecule has 0 fully saturated rings. The van der Waals surface area contributed by atoms with Crippen molar-refractivity contribution < 1.29 is 86.3 Å². The monoisotopic (exact) mass is 1520 g/mol. The zero-order valence-corrected chi connectivity index (χ0v) is 84.7. The average Bonchev–Trinajstić information content (AvgIpc) is 2.99. The Bertz CT molecular complexity index is 472. The number of hydrogen-bond acceptors (Lipinski definition) is 18. The summed E-state index contributed by atoms with van der Waals surface area (Å²) in [5.41, 5.74) is 0. The van der Waals surface area contributed by atoms with Gasteiger partial charge in [0.05, 0.1) is 0 Å². The molecule has 520 valence electrons. The molecule has 0 radical (unpaired) electrons. The predicted octanol–water partition coefficient (Wildman–Crippen LogP) is 1.52. The van der Waals surface area contributed by atoms with Gasteiger partial charge in [0.25, 0.3) is 0 Å². The lowest BCUT2D eigenvalue weighted by Gasteiger charge is -1.76. The van der Waals surface area contributed by atoms with Crippen LogP contribution in [0.1, 0.15) is 0 Å². The van der Waals surface area contributed by atoms with Gasteiger partial charge in [-0.05, 0) is 236 Å². The van der Waals surface area contributed by atoms with Crippen LogP contribution in [0.25, 0.3) is 0 Å². The SMILES string of the molecule is C[SiH](C)C.C[SiH](C)C.C[SiH](C)O.C[SiH](C)O.C[SiH](C)O.C[SiH](C)O.C[SiH](C)O.C[SiH](C)O.C[SiH](C)O.C[SiH](C)O.C[SiH](C)O.C[SiH](C)O.C[SiH](C)O.C[SiH](C)O.C[SiH](C)O.C[SiH](C)O.C[SiH](C)O.C[SiH](C)O.C[SiH](C)O.C[SiH](C)O. The highest BCUT2D eigenvalue weighted by molar-refractivity contribution is 6.54. The van der Waals surface area contributed by atoms with E-state index in [4.69, 9.17) is 86.3 Å². The third kappa shape index (κ3) is 40500. The second-order valence-corrected chi connectivity index (χ2v) is 69.5. The Hall–Kier alpha value is 3.62. The fourth-order valence-electron chi connectivity index (χ4n) is 0. The summed E-state index contributed by atoms with van der Waals surface area (Å²) in [5, 5.41) is 0. The van der Waals surface area contributed by atoms with Crippen LogP contribution in [0.15, 0.2) is 0 Å². The highest BCUT2D eigenvalue weighted by Gasteiger charge is 1.81. The summed E-state index contributed by atoms with van der Waals surface area (Å²) in [6, 6.07) is 0. The van der Waals surface area contributed by atoms with Crippen LogP contribution in [0.2, 0.25) is 275 Å². The van der Waals surface area contributed by atoms with Crippen molar-refractivity contribution in [3.63, 3.8) is 0 Å². The minimum atomic E-state index is -1.14. The molecule has 0 unspecified atom stereocenters. The molecule has 18 nitrogen and oxygen atoms in total. The van der Waals surface area contributed by atoms with E-state index in [2.05, 4.69) is 39.3 Å². The van der Waals surface area contributed by atoms with Crippen molar-refractivity contribution in [3.8, 4) is 0 Å². The maximum atomic E-state index is 8.19. The Kier molecular flexibility index (Phi) is 240. The quantitative estimate of drug-likeness (QED) is 0.153. The molecule has 0 saturated carbocycles. The molecule has 0 atom stereocenters. The van der Waals surface area contributed by atoms with Gasteiger partial charge in [0, 0.05) is 17.6 Å². The van der Waals surface area contributed by atoms with Gasteiger partial charge in [-0.3, -0.25) is 0 Å². The molecule has 0 rings (SSSR count). The summed E-state index contributed by atoms with van der Waals surface area (Å²) in [5.74, 6) is 0. The predicted molar refractivity (Wildman–Crippen MR) is 429 cm³/mol. The lowest BCUT2D eigenvalue weighted by Crippen LogP contribution is -1.93. The zero-order chi connectivity index (χ0) is 71.5. The standard InChI is InChI=1S/2C3H10Si.18C2H8OSi/c20*1-4(2)3/h2*4H,1-3H3;18*3-4H,1-2H3. The fraction of sp³-hybridized carbons (Fsp3) is 1.00. The molecule has 0 aromatic heterocycles. The Morgan fingerprint density at radius 3 is 0.0875 bits per heavy atom. The molecule has 18 N–H and O–H groups in total. The van der Waals surface area contributed by atoms with E-state index in [1.165, 1.54) is 0 Å². The Morgan fingerprint density at radius 1 is 0.0875 bits per heavy atom. The van der Waals surface area contributed by atoms with E-state index in [0.29, 0.717) is 0 Å². The van der Waals surface area contributed by atoms with E-state index >= 15 is 0 Å². The Balaban J connectivity index is -0.0000000263. The first-order chi connectivity index (χ1) is 34.6. The van der Waals surface area contributed by atoms with Crippen LogP contribution in [0.3, 0.4) is 0 Å². The van der Waals surface area contributed by atoms with E-state index in [0.717, 1.165) is 0 Å². The molecule has 0 aromatic carbocycles. The van der Waals surface area contributed by atoms with Crippen LogP contribution in [0, 0.1) is 0 Å². The summed E-state index contributed by atoms with van der Waals surface area (Å²) in [6.45, 7) is 80.8. The molecule has 0 heterocycles. The van der Waals surface area contributed by atoms with E-state index in [-0.39, 0.29) is 17.6 Å². The molecule has 0 amide bonds. The highest BCUT2D eigenvalue weighted by atomic mass is 28.3. The van der Waals surface area contributed by atoms with Crippen LogP contribution >= 0.6 is 0 Å². The van der Waals surface area contributed by atoms with Crippen molar-refractivity contribution in [1.82, 2.24) is 0 Å². The third-order valence-corrected chi connectivity index (χ3v) is 0. The molecular formula is C42H164O18Si20. The molecule has 38 heteroatoms. The van der Waals surface area contributed by atoms with Gasteiger partial charge >= 0.3 is 0 Å². The van der Waals surface area contributed by atoms with Crippen molar-refractivity contribution in [2.45, 2.75) is 275 Å². The molecule has 80 heavy (non-hydrogen) atoms. The van der Waals surface area contributed by atoms with Crippen LogP contribution in [-0.2, 0) is 0 Å². The van der Waals surface area contributed by atoms with Gasteiger partial charge in [0.2, 0.25) is 0 Å². The second kappa shape index (κ2) is 136. The highest BCUT2D eigenvalue weighted by Crippen LogP contribution is 1.70. The van der Waals surface area contributed by atoms with Gasteiger partial charge in [0.15, 0.2) is 163 Å². The van der Waals surface area contributed by atoms with Crippen molar-refractivity contribution in [3.05, 3.63) is 0 Å². The second-order valence-electron chi connectivity index (χ2n) is 23.2. The maximum absolute atomic E-state index is 8.19. The summed E-state index contributed by atoms with van der Waals surface area (Å²) in [7, 11) is -20.8. The minimum absolute atomic E-state index is 0.139. The van der Waals surface area contributed by atoms with E-state index in [1.54, 1.807) is 0 Å². The lowest BCUT2D eigenvalue weighted by atomic mass is 11.8. The van der Waals surface area contributed by atoms with Gasteiger partial charge in [-0.2, -0.15) is 0 Å². The first-order valence-electron chi connectivity index (χ1n) is 28.9. The lowest BCUT2D eigenvalue weighted by molar-refractivity contribution is 0.586. The fourth-order valence-corrected chi connectivity index (χ4v) is 0. The van der Waals surface area contributed by atoms with E-state index < -0.39 is 163 Å². The average molecular weight is 1520 g/mol. The first kappa shape index (κ1) is 141. The summed E-state index contributed by atoms with van der Waals surface area (Å²) in [4.78, 5) is 148. The Morgan fingerprint density at radius 2 is 0.0875 bits per heavy atom. The van der Waals surface area contributed by atoms with Gasteiger partial charge in [-0.1, -0.05) is 39.3 Å². The van der Waals surface area contributed by atoms with Gasteiger partial charge in [0.1, 0.15) is 0 Å². The smallest absolute Gasteiger partial charge is 0.166 e. The molecular weight excluding hydrogens is 1350 g/mol. The van der Waals surface area contributed by atoms with E-state index in [9.17, 15) is 0 Å². The number of hydrogen-bond donors (Lipinski definition) is 18. The largest absolute Gasteiger partial charge is 0.435 e. The first-order valence-corrected chi connectivity index (χ1v) is 86.7. The van der Waals surface area contributed by atoms with Gasteiger partial charge < -0.3 is 86.3 Å². The molecule has 0 aliphatic carbocycles. The van der Waals surface area contributed by atoms with Crippen molar-refractivity contribution in [2.24, 2.45) is 0 Å². The third-order valence-electron chi connectivity index (χ3n) is 0. The van der Waals surface area contributed by atoms with E-state index in [1.807, 2.05) is 236 Å². The molecule has 0 bridgehead atoms. The van der Waals surface area contributed by atoms with Crippen LogP contribution in [0.4, 0.5) is 0 Å². The van der Waals surface area contributed by atoms with Gasteiger partial charge in [-0.15, -0.1) is 0 Å². The summed E-state index contributed by atoms with van der Waals surface area (Å²) in [6.07, 6.45) is 0. The topological polar surface area (TPSA) is 364 Å². The van der Waals surface area contributed by atoms with Gasteiger partial charge in [-0.25, -0.2) is 0 Å². The molecule has 0 spiro atoms. The minimum Gasteiger partial charge on any atom is -0.435 e. The van der Waals surface area contributed by atoms with Crippen molar-refractivity contribution in [1.29, 1.82) is 0 Å². The molecule has 0 aliphatic rings. The van der Waals surface area contributed by atoms with Crippen LogP contribution in [-0.4, -0.2) is 267 Å². The van der Waals surface area contributed by atoms with Crippen molar-refractivity contribution >= 4 is 180 Å². The van der Waals surface area contributed by atoms with Crippen LogP contribution < -0.4 is 0 Å². The normalized spacial score (nSPS) is 9.00. The van der Waals surface area contributed by atoms with Crippen molar-refractivity contribution in [2.75, 3.05) is 0 Å². The molecule has 0 aromatic rings. The summed E-state index contributed by atoms with van der Waals surface area (Å²) < 4.78 is 0. The maximum Gasteiger partial charge on any atom is 0.166 e. The number of rotatable bonds is 0. The zero-order valence-electron chi connectivity index (χ0n) is 61.6. The molecule has 0 saturated heterocycles. The van der Waals surface area contributed by atoms with Crippen LogP contribution in [0.5, 0.6) is 0 Å².